The van der Waals surface area contributed by atoms with Crippen molar-refractivity contribution in [1.29, 1.82) is 0 Å². The summed E-state index contributed by atoms with van der Waals surface area (Å²) < 4.78 is 37.8. The number of likely N-dealkylation sites (tertiary alicyclic amines) is 1. The van der Waals surface area contributed by atoms with E-state index in [-0.39, 0.29) is 22.1 Å². The molecule has 1 heterocycles. The molecule has 0 saturated carbocycles. The van der Waals surface area contributed by atoms with E-state index in [9.17, 15) is 27.9 Å². The highest BCUT2D eigenvalue weighted by molar-refractivity contribution is 7.92. The van der Waals surface area contributed by atoms with Crippen molar-refractivity contribution in [3.8, 4) is 11.5 Å². The molecule has 3 amide bonds. The third kappa shape index (κ3) is 6.98. The molecule has 240 valence electrons. The number of methoxy groups -OCH3 is 2. The molecule has 3 aromatic rings. The van der Waals surface area contributed by atoms with E-state index in [1.807, 2.05) is 6.92 Å². The van der Waals surface area contributed by atoms with Gasteiger partial charge in [-0.2, -0.15) is 0 Å². The molecule has 4 rings (SSSR count). The van der Waals surface area contributed by atoms with Crippen LogP contribution >= 0.6 is 0 Å². The molecule has 12 nitrogen and oxygen atoms in total. The van der Waals surface area contributed by atoms with Gasteiger partial charge in [0.25, 0.3) is 0 Å². The molecule has 5 N–H and O–H groups in total. The lowest BCUT2D eigenvalue weighted by molar-refractivity contribution is -0.133. The lowest BCUT2D eigenvalue weighted by Crippen LogP contribution is -2.38. The Labute approximate surface area is 262 Å². The SMILES string of the molecule is COc1ccc([C@@H](Nc2cc(C(N)=O)ccc2C)C(=O)N2CCC[C@@H]2c2cc(NC(=O)O)ccc2S(=O)(=O)C(C)C)cc1OC. The highest BCUT2D eigenvalue weighted by atomic mass is 32.2. The summed E-state index contributed by atoms with van der Waals surface area (Å²) in [7, 11) is -0.813. The van der Waals surface area contributed by atoms with Gasteiger partial charge in [0.15, 0.2) is 21.3 Å². The molecule has 0 bridgehead atoms. The van der Waals surface area contributed by atoms with Gasteiger partial charge in [0.2, 0.25) is 11.8 Å². The minimum atomic E-state index is -3.80. The Kier molecular flexibility index (Phi) is 9.91. The average Bonchev–Trinajstić information content (AvgIpc) is 3.49. The van der Waals surface area contributed by atoms with Crippen LogP contribution in [0, 0.1) is 6.92 Å². The minimum absolute atomic E-state index is 0.0405. The van der Waals surface area contributed by atoms with Gasteiger partial charge in [-0.3, -0.25) is 14.9 Å². The van der Waals surface area contributed by atoms with Crippen molar-refractivity contribution in [3.63, 3.8) is 0 Å². The fourth-order valence-electron chi connectivity index (χ4n) is 5.45. The van der Waals surface area contributed by atoms with Crippen LogP contribution in [0.2, 0.25) is 0 Å². The molecule has 0 aliphatic carbocycles. The number of benzene rings is 3. The van der Waals surface area contributed by atoms with Gasteiger partial charge in [-0.25, -0.2) is 13.2 Å². The van der Waals surface area contributed by atoms with Crippen molar-refractivity contribution >= 4 is 39.1 Å². The molecular formula is C32H38N4O8S. The van der Waals surface area contributed by atoms with Gasteiger partial charge in [0, 0.05) is 23.5 Å². The van der Waals surface area contributed by atoms with E-state index in [2.05, 4.69) is 10.6 Å². The molecule has 2 atom stereocenters. The number of anilines is 2. The number of nitrogens with two attached hydrogens (primary N) is 1. The first-order chi connectivity index (χ1) is 21.3. The Bertz CT molecular complexity index is 1720. The van der Waals surface area contributed by atoms with E-state index in [0.29, 0.717) is 47.7 Å². The lowest BCUT2D eigenvalue weighted by atomic mass is 10.00. The molecular weight excluding hydrogens is 600 g/mol. The largest absolute Gasteiger partial charge is 0.493 e. The first-order valence-electron chi connectivity index (χ1n) is 14.4. The van der Waals surface area contributed by atoms with Crippen LogP contribution in [0.15, 0.2) is 59.5 Å². The monoisotopic (exact) mass is 638 g/mol. The van der Waals surface area contributed by atoms with E-state index >= 15 is 0 Å². The zero-order chi connectivity index (χ0) is 33.1. The molecule has 1 aliphatic rings. The fourth-order valence-corrected chi connectivity index (χ4v) is 6.74. The number of carbonyl (C=O) groups excluding carboxylic acids is 2. The Balaban J connectivity index is 1.85. The first-order valence-corrected chi connectivity index (χ1v) is 15.9. The maximum Gasteiger partial charge on any atom is 0.409 e. The van der Waals surface area contributed by atoms with E-state index in [1.165, 1.54) is 32.4 Å². The molecule has 1 fully saturated rings. The predicted molar refractivity (Wildman–Crippen MR) is 170 cm³/mol. The van der Waals surface area contributed by atoms with Crippen molar-refractivity contribution in [2.75, 3.05) is 31.4 Å². The maximum atomic E-state index is 14.6. The summed E-state index contributed by atoms with van der Waals surface area (Å²) in [4.78, 5) is 39.7. The standard InChI is InChI=1S/C32H38N4O8S/c1-18(2)45(41,42)28-13-11-22(34-32(39)40)17-23(28)25-7-6-14-36(25)31(38)29(20-10-12-26(43-4)27(16-20)44-5)35-24-15-21(30(33)37)9-8-19(24)3/h8-13,15-18,25,29,34-35H,6-7,14H2,1-5H3,(H2,33,37)(H,39,40)/t25-,29-/m1/s1. The molecule has 0 spiro atoms. The highest BCUT2D eigenvalue weighted by Gasteiger charge is 2.38. The number of amides is 3. The van der Waals surface area contributed by atoms with Crippen molar-refractivity contribution in [3.05, 3.63) is 76.9 Å². The van der Waals surface area contributed by atoms with Crippen LogP contribution in [0.1, 0.15) is 65.8 Å². The van der Waals surface area contributed by atoms with Crippen LogP contribution in [0.4, 0.5) is 16.2 Å². The fraction of sp³-hybridized carbons (Fsp3) is 0.344. The number of carboxylic acid groups (broad SMARTS) is 1. The Hall–Kier alpha value is -4.78. The van der Waals surface area contributed by atoms with Gasteiger partial charge in [-0.15, -0.1) is 0 Å². The number of carbonyl (C=O) groups is 3. The second-order valence-corrected chi connectivity index (χ2v) is 13.5. The van der Waals surface area contributed by atoms with Gasteiger partial charge in [0.1, 0.15) is 6.04 Å². The highest BCUT2D eigenvalue weighted by Crippen LogP contribution is 2.41. The number of hydrogen-bond donors (Lipinski definition) is 4. The zero-order valence-corrected chi connectivity index (χ0v) is 26.6. The summed E-state index contributed by atoms with van der Waals surface area (Å²) >= 11 is 0. The van der Waals surface area contributed by atoms with Crippen LogP contribution in [0.3, 0.4) is 0 Å². The summed E-state index contributed by atoms with van der Waals surface area (Å²) in [5.41, 5.74) is 8.11. The van der Waals surface area contributed by atoms with Crippen LogP contribution in [0.25, 0.3) is 0 Å². The third-order valence-corrected chi connectivity index (χ3v) is 10.1. The summed E-state index contributed by atoms with van der Waals surface area (Å²) in [6.45, 7) is 5.29. The molecule has 13 heteroatoms. The van der Waals surface area contributed by atoms with Crippen LogP contribution in [-0.4, -0.2) is 62.3 Å². The van der Waals surface area contributed by atoms with E-state index in [4.69, 9.17) is 15.2 Å². The van der Waals surface area contributed by atoms with Gasteiger partial charge in [0.05, 0.1) is 30.4 Å². The Morgan fingerprint density at radius 3 is 2.33 bits per heavy atom. The number of nitrogens with zero attached hydrogens (tertiary/aromatic N) is 1. The van der Waals surface area contributed by atoms with Crippen LogP contribution in [0.5, 0.6) is 11.5 Å². The number of primary amides is 1. The normalized spacial score (nSPS) is 15.4. The second kappa shape index (κ2) is 13.5. The molecule has 0 unspecified atom stereocenters. The van der Waals surface area contributed by atoms with Crippen LogP contribution in [-0.2, 0) is 14.6 Å². The average molecular weight is 639 g/mol. The van der Waals surface area contributed by atoms with Crippen molar-refractivity contribution in [1.82, 2.24) is 4.90 Å². The molecule has 0 radical (unpaired) electrons. The zero-order valence-electron chi connectivity index (χ0n) is 25.8. The second-order valence-electron chi connectivity index (χ2n) is 11.1. The van der Waals surface area contributed by atoms with E-state index < -0.39 is 39.2 Å². The molecule has 0 aromatic heterocycles. The molecule has 45 heavy (non-hydrogen) atoms. The maximum absolute atomic E-state index is 14.6. The van der Waals surface area contributed by atoms with Crippen molar-refractivity contribution in [2.45, 2.75) is 55.8 Å². The third-order valence-electron chi connectivity index (χ3n) is 7.89. The topological polar surface area (TPSA) is 177 Å². The quantitative estimate of drug-likeness (QED) is 0.227. The van der Waals surface area contributed by atoms with Crippen LogP contribution < -0.4 is 25.8 Å². The number of hydrogen-bond acceptors (Lipinski definition) is 8. The summed E-state index contributed by atoms with van der Waals surface area (Å²) in [5.74, 6) is -0.129. The van der Waals surface area contributed by atoms with Gasteiger partial charge in [-0.05, 0) is 92.8 Å². The molecule has 1 saturated heterocycles. The number of sulfone groups is 1. The minimum Gasteiger partial charge on any atom is -0.493 e. The van der Waals surface area contributed by atoms with Crippen molar-refractivity contribution < 1.29 is 37.4 Å². The smallest absolute Gasteiger partial charge is 0.409 e. The summed E-state index contributed by atoms with van der Waals surface area (Å²) in [6, 6.07) is 12.6. The van der Waals surface area contributed by atoms with Gasteiger partial charge < -0.3 is 30.5 Å². The number of rotatable bonds is 11. The predicted octanol–water partition coefficient (Wildman–Crippen LogP) is 4.90. The van der Waals surface area contributed by atoms with Gasteiger partial charge in [-0.1, -0.05) is 12.1 Å². The molecule has 3 aromatic carbocycles. The Morgan fingerprint density at radius 2 is 1.71 bits per heavy atom. The number of nitrogens with one attached hydrogen (secondary N) is 2. The number of ether oxygens (including phenoxy) is 2. The summed E-state index contributed by atoms with van der Waals surface area (Å²) in [5, 5.41) is 14.2. The molecule has 1 aliphatic heterocycles. The Morgan fingerprint density at radius 1 is 1.00 bits per heavy atom. The van der Waals surface area contributed by atoms with Crippen molar-refractivity contribution in [2.24, 2.45) is 5.73 Å². The van der Waals surface area contributed by atoms with E-state index in [1.54, 1.807) is 55.1 Å². The first kappa shape index (κ1) is 33.1. The summed E-state index contributed by atoms with van der Waals surface area (Å²) in [6.07, 6.45) is -0.258. The van der Waals surface area contributed by atoms with E-state index in [0.717, 1.165) is 5.56 Å². The number of aryl methyl sites for hydroxylation is 1. The lowest BCUT2D eigenvalue weighted by Gasteiger charge is -2.32. The van der Waals surface area contributed by atoms with Gasteiger partial charge >= 0.3 is 6.09 Å².